The first-order valence-electron chi connectivity index (χ1n) is 5.85. The summed E-state index contributed by atoms with van der Waals surface area (Å²) in [6.07, 6.45) is 0. The number of nitrogens with zero attached hydrogens (tertiary/aromatic N) is 2. The molecule has 0 amide bonds. The first-order chi connectivity index (χ1) is 8.69. The number of methoxy groups -OCH3 is 1. The summed E-state index contributed by atoms with van der Waals surface area (Å²) in [5.74, 6) is 2.11. The largest absolute Gasteiger partial charge is 0.497 e. The lowest BCUT2D eigenvalue weighted by Gasteiger charge is -2.13. The van der Waals surface area contributed by atoms with Gasteiger partial charge in [0.1, 0.15) is 5.75 Å². The summed E-state index contributed by atoms with van der Waals surface area (Å²) in [7, 11) is 1.67. The van der Waals surface area contributed by atoms with Crippen molar-refractivity contribution in [3.63, 3.8) is 0 Å². The second kappa shape index (κ2) is 5.64. The highest BCUT2D eigenvalue weighted by Crippen LogP contribution is 2.18. The van der Waals surface area contributed by atoms with Crippen molar-refractivity contribution in [3.8, 4) is 5.75 Å². The minimum atomic E-state index is 0.193. The maximum atomic E-state index is 5.20. The molecule has 0 saturated carbocycles. The number of benzene rings is 1. The highest BCUT2D eigenvalue weighted by Gasteiger charge is 2.08. The second-order valence-corrected chi connectivity index (χ2v) is 4.11. The Bertz CT molecular complexity index is 510. The lowest BCUT2D eigenvalue weighted by Crippen LogP contribution is -2.18. The molecule has 0 saturated heterocycles. The van der Waals surface area contributed by atoms with E-state index in [1.807, 2.05) is 18.2 Å². The molecule has 1 heterocycles. The highest BCUT2D eigenvalue weighted by molar-refractivity contribution is 5.30. The predicted octanol–water partition coefficient (Wildman–Crippen LogP) is 2.24. The Kier molecular flexibility index (Phi) is 3.94. The highest BCUT2D eigenvalue weighted by atomic mass is 16.5. The number of aryl methyl sites for hydroxylation is 1. The summed E-state index contributed by atoms with van der Waals surface area (Å²) in [6, 6.07) is 8.17. The Morgan fingerprint density at radius 3 is 2.94 bits per heavy atom. The Labute approximate surface area is 106 Å². The fourth-order valence-corrected chi connectivity index (χ4v) is 1.69. The van der Waals surface area contributed by atoms with Gasteiger partial charge in [-0.2, -0.15) is 4.98 Å². The third-order valence-electron chi connectivity index (χ3n) is 2.73. The molecule has 0 aliphatic rings. The van der Waals surface area contributed by atoms with Gasteiger partial charge in [-0.3, -0.25) is 0 Å². The SMILES string of the molecule is COc1cccc(C(C)NCc2noc(C)n2)c1. The summed E-state index contributed by atoms with van der Waals surface area (Å²) in [5, 5.41) is 7.18. The number of rotatable bonds is 5. The summed E-state index contributed by atoms with van der Waals surface area (Å²) >= 11 is 0. The Morgan fingerprint density at radius 1 is 1.44 bits per heavy atom. The molecule has 0 aliphatic carbocycles. The molecule has 1 N–H and O–H groups in total. The fourth-order valence-electron chi connectivity index (χ4n) is 1.69. The van der Waals surface area contributed by atoms with E-state index >= 15 is 0 Å². The van der Waals surface area contributed by atoms with Crippen molar-refractivity contribution in [1.29, 1.82) is 0 Å². The van der Waals surface area contributed by atoms with Crippen molar-refractivity contribution in [2.75, 3.05) is 7.11 Å². The van der Waals surface area contributed by atoms with E-state index in [1.54, 1.807) is 14.0 Å². The van der Waals surface area contributed by atoms with E-state index in [-0.39, 0.29) is 6.04 Å². The Morgan fingerprint density at radius 2 is 2.28 bits per heavy atom. The molecule has 2 rings (SSSR count). The molecule has 18 heavy (non-hydrogen) atoms. The van der Waals surface area contributed by atoms with Crippen LogP contribution in [0.2, 0.25) is 0 Å². The van der Waals surface area contributed by atoms with Gasteiger partial charge in [0.2, 0.25) is 5.89 Å². The van der Waals surface area contributed by atoms with Crippen LogP contribution in [0.15, 0.2) is 28.8 Å². The van der Waals surface area contributed by atoms with Gasteiger partial charge in [0.05, 0.1) is 13.7 Å². The van der Waals surface area contributed by atoms with Crippen LogP contribution in [0.25, 0.3) is 0 Å². The van der Waals surface area contributed by atoms with Crippen LogP contribution in [-0.4, -0.2) is 17.3 Å². The Balaban J connectivity index is 1.96. The van der Waals surface area contributed by atoms with Gasteiger partial charge >= 0.3 is 0 Å². The van der Waals surface area contributed by atoms with Gasteiger partial charge in [0.25, 0.3) is 0 Å². The molecule has 0 bridgehead atoms. The average molecular weight is 247 g/mol. The van der Waals surface area contributed by atoms with Crippen molar-refractivity contribution >= 4 is 0 Å². The van der Waals surface area contributed by atoms with Crippen LogP contribution in [0.1, 0.15) is 30.2 Å². The minimum Gasteiger partial charge on any atom is -0.497 e. The van der Waals surface area contributed by atoms with Crippen molar-refractivity contribution in [1.82, 2.24) is 15.5 Å². The Hall–Kier alpha value is -1.88. The second-order valence-electron chi connectivity index (χ2n) is 4.11. The zero-order valence-electron chi connectivity index (χ0n) is 10.8. The topological polar surface area (TPSA) is 60.2 Å². The molecule has 0 radical (unpaired) electrons. The van der Waals surface area contributed by atoms with Crippen molar-refractivity contribution in [2.24, 2.45) is 0 Å². The molecule has 0 spiro atoms. The van der Waals surface area contributed by atoms with Crippen LogP contribution in [-0.2, 0) is 6.54 Å². The molecule has 1 aromatic heterocycles. The quantitative estimate of drug-likeness (QED) is 0.878. The van der Waals surface area contributed by atoms with Gasteiger partial charge in [0.15, 0.2) is 5.82 Å². The number of nitrogens with one attached hydrogen (secondary N) is 1. The number of hydrogen-bond acceptors (Lipinski definition) is 5. The van der Waals surface area contributed by atoms with E-state index in [2.05, 4.69) is 28.4 Å². The summed E-state index contributed by atoms with van der Waals surface area (Å²) in [6.45, 7) is 4.44. The fraction of sp³-hybridized carbons (Fsp3) is 0.385. The molecule has 1 unspecified atom stereocenters. The molecule has 96 valence electrons. The zero-order chi connectivity index (χ0) is 13.0. The first kappa shape index (κ1) is 12.6. The van der Waals surface area contributed by atoms with Crippen LogP contribution in [0, 0.1) is 6.92 Å². The van der Waals surface area contributed by atoms with Crippen LogP contribution in [0.5, 0.6) is 5.75 Å². The van der Waals surface area contributed by atoms with Crippen LogP contribution >= 0.6 is 0 Å². The third kappa shape index (κ3) is 3.07. The average Bonchev–Trinajstić information content (AvgIpc) is 2.82. The van der Waals surface area contributed by atoms with E-state index in [1.165, 1.54) is 0 Å². The molecule has 1 atom stereocenters. The molecule has 2 aromatic rings. The molecule has 5 nitrogen and oxygen atoms in total. The molecule has 5 heteroatoms. The standard InChI is InChI=1S/C13H17N3O2/c1-9(11-5-4-6-12(7-11)17-3)14-8-13-15-10(2)18-16-13/h4-7,9,14H,8H2,1-3H3. The number of ether oxygens (including phenoxy) is 1. The maximum Gasteiger partial charge on any atom is 0.223 e. The van der Waals surface area contributed by atoms with E-state index in [0.29, 0.717) is 18.3 Å². The smallest absolute Gasteiger partial charge is 0.223 e. The zero-order valence-corrected chi connectivity index (χ0v) is 10.8. The van der Waals surface area contributed by atoms with Crippen molar-refractivity contribution in [2.45, 2.75) is 26.4 Å². The van der Waals surface area contributed by atoms with Gasteiger partial charge in [-0.15, -0.1) is 0 Å². The minimum absolute atomic E-state index is 0.193. The molecule has 0 aliphatic heterocycles. The molecular weight excluding hydrogens is 230 g/mol. The van der Waals surface area contributed by atoms with E-state index in [9.17, 15) is 0 Å². The van der Waals surface area contributed by atoms with E-state index in [4.69, 9.17) is 9.26 Å². The van der Waals surface area contributed by atoms with Gasteiger partial charge in [0, 0.05) is 13.0 Å². The predicted molar refractivity (Wildman–Crippen MR) is 67.3 cm³/mol. The van der Waals surface area contributed by atoms with Crippen LogP contribution in [0.4, 0.5) is 0 Å². The van der Waals surface area contributed by atoms with E-state index < -0.39 is 0 Å². The van der Waals surface area contributed by atoms with Gasteiger partial charge in [-0.05, 0) is 24.6 Å². The number of aromatic nitrogens is 2. The summed E-state index contributed by atoms with van der Waals surface area (Å²) in [4.78, 5) is 4.15. The monoisotopic (exact) mass is 247 g/mol. The normalized spacial score (nSPS) is 12.4. The van der Waals surface area contributed by atoms with Gasteiger partial charge in [-0.25, -0.2) is 0 Å². The lowest BCUT2D eigenvalue weighted by molar-refractivity contribution is 0.384. The molecule has 0 fully saturated rings. The van der Waals surface area contributed by atoms with Gasteiger partial charge in [-0.1, -0.05) is 17.3 Å². The van der Waals surface area contributed by atoms with Crippen molar-refractivity contribution in [3.05, 3.63) is 41.5 Å². The lowest BCUT2D eigenvalue weighted by atomic mass is 10.1. The van der Waals surface area contributed by atoms with E-state index in [0.717, 1.165) is 11.3 Å². The van der Waals surface area contributed by atoms with Crippen molar-refractivity contribution < 1.29 is 9.26 Å². The molecule has 1 aromatic carbocycles. The molecular formula is C13H17N3O2. The maximum absolute atomic E-state index is 5.20. The van der Waals surface area contributed by atoms with Gasteiger partial charge < -0.3 is 14.6 Å². The number of hydrogen-bond donors (Lipinski definition) is 1. The first-order valence-corrected chi connectivity index (χ1v) is 5.85. The summed E-state index contributed by atoms with van der Waals surface area (Å²) < 4.78 is 10.1. The third-order valence-corrected chi connectivity index (χ3v) is 2.73. The van der Waals surface area contributed by atoms with Crippen LogP contribution < -0.4 is 10.1 Å². The summed E-state index contributed by atoms with van der Waals surface area (Å²) in [5.41, 5.74) is 1.16. The van der Waals surface area contributed by atoms with Crippen LogP contribution in [0.3, 0.4) is 0 Å².